The van der Waals surface area contributed by atoms with E-state index in [9.17, 15) is 19.2 Å². The van der Waals surface area contributed by atoms with E-state index in [1.54, 1.807) is 81.4 Å². The van der Waals surface area contributed by atoms with Gasteiger partial charge in [0.15, 0.2) is 0 Å². The zero-order chi connectivity index (χ0) is 34.6. The second-order valence-electron chi connectivity index (χ2n) is 12.2. The summed E-state index contributed by atoms with van der Waals surface area (Å²) in [5, 5.41) is 9.66. The van der Waals surface area contributed by atoms with E-state index in [2.05, 4.69) is 16.0 Å². The van der Waals surface area contributed by atoms with Crippen LogP contribution in [0.2, 0.25) is 5.02 Å². The molecular weight excluding hydrogens is 652 g/mol. The van der Waals surface area contributed by atoms with Crippen LogP contribution in [0.25, 0.3) is 0 Å². The van der Waals surface area contributed by atoms with Crippen molar-refractivity contribution in [1.82, 2.24) is 0 Å². The summed E-state index contributed by atoms with van der Waals surface area (Å²) in [5.74, 6) is -1.38. The molecule has 3 N–H and O–H groups in total. The van der Waals surface area contributed by atoms with Crippen molar-refractivity contribution >= 4 is 68.9 Å². The number of anilines is 3. The van der Waals surface area contributed by atoms with Crippen molar-refractivity contribution in [1.29, 1.82) is 0 Å². The van der Waals surface area contributed by atoms with E-state index in [0.29, 0.717) is 38.2 Å². The van der Waals surface area contributed by atoms with Crippen molar-refractivity contribution in [3.63, 3.8) is 0 Å². The second-order valence-corrected chi connectivity index (χ2v) is 13.8. The molecule has 0 aliphatic carbocycles. The number of hydrogen-bond donors (Lipinski definition) is 3. The molecule has 0 saturated heterocycles. The van der Waals surface area contributed by atoms with Crippen LogP contribution in [0.3, 0.4) is 0 Å². The van der Waals surface area contributed by atoms with Crippen molar-refractivity contribution in [2.45, 2.75) is 59.3 Å². The molecule has 3 aromatic carbocycles. The minimum absolute atomic E-state index is 0.0584. The number of fused-ring (bicyclic) bond motifs is 1. The summed E-state index contributed by atoms with van der Waals surface area (Å²) < 4.78 is 10.8. The number of halogens is 1. The van der Waals surface area contributed by atoms with Gasteiger partial charge in [-0.15, -0.1) is 11.3 Å². The third kappa shape index (κ3) is 8.47. The summed E-state index contributed by atoms with van der Waals surface area (Å²) in [7, 11) is 0. The number of thiophene rings is 1. The molecule has 248 valence electrons. The number of rotatable bonds is 8. The minimum atomic E-state index is -0.999. The lowest BCUT2D eigenvalue weighted by Gasteiger charge is -2.20. The van der Waals surface area contributed by atoms with Crippen LogP contribution in [0.5, 0.6) is 0 Å². The van der Waals surface area contributed by atoms with Crippen LogP contribution in [0.4, 0.5) is 21.2 Å². The number of hydrogen-bond acceptors (Lipinski definition) is 8. The highest BCUT2D eigenvalue weighted by Crippen LogP contribution is 2.37. The fraction of sp³-hybridized carbons (Fsp3) is 0.250. The maximum Gasteiger partial charge on any atom is 0.412 e. The van der Waals surface area contributed by atoms with Gasteiger partial charge in [0.25, 0.3) is 5.91 Å². The highest BCUT2D eigenvalue weighted by atomic mass is 35.5. The number of esters is 1. The summed E-state index contributed by atoms with van der Waals surface area (Å²) in [6, 6.07) is 19.5. The van der Waals surface area contributed by atoms with E-state index in [-0.39, 0.29) is 13.0 Å². The number of benzene rings is 3. The number of aryl methyl sites for hydroxylation is 1. The van der Waals surface area contributed by atoms with E-state index in [1.807, 2.05) is 26.0 Å². The average molecular weight is 687 g/mol. The summed E-state index contributed by atoms with van der Waals surface area (Å²) in [6.45, 7) is 9.19. The Morgan fingerprint density at radius 1 is 0.938 bits per heavy atom. The molecule has 1 aromatic heterocycles. The number of carbonyl (C=O) groups excluding carboxylic acids is 4. The van der Waals surface area contributed by atoms with E-state index in [0.717, 1.165) is 21.6 Å². The van der Waals surface area contributed by atoms with Crippen molar-refractivity contribution < 1.29 is 28.7 Å². The molecule has 0 saturated carbocycles. The molecule has 10 nitrogen and oxygen atoms in total. The third-order valence-corrected chi connectivity index (χ3v) is 8.73. The number of para-hydroxylation sites is 2. The van der Waals surface area contributed by atoms with Gasteiger partial charge in [-0.2, -0.15) is 0 Å². The first kappa shape index (κ1) is 34.3. The molecule has 0 spiro atoms. The van der Waals surface area contributed by atoms with Crippen LogP contribution in [-0.2, 0) is 25.7 Å². The summed E-state index contributed by atoms with van der Waals surface area (Å²) in [5.41, 5.74) is 4.34. The average Bonchev–Trinajstić information content (AvgIpc) is 3.22. The topological polar surface area (TPSA) is 135 Å². The largest absolute Gasteiger partial charge is 0.461 e. The fourth-order valence-corrected chi connectivity index (χ4v) is 6.07. The Morgan fingerprint density at radius 3 is 2.23 bits per heavy atom. The Morgan fingerprint density at radius 2 is 1.58 bits per heavy atom. The standard InChI is InChI=1S/C36H35ClN4O6S/c1-20-21(2)48-34-30(20)31(23-14-16-25(37)17-15-23)38-28(33(44)41-34)18-29(42)46-19-22-10-12-24(13-11-22)32(43)39-26-8-6-7-9-27(26)40-35(45)47-36(3,4)5/h6-17,28H,18-19H2,1-5H3,(H,39,43)(H,40,45)(H,41,44)/t28-/m0/s1. The Kier molecular flexibility index (Phi) is 10.3. The fourth-order valence-electron chi connectivity index (χ4n) is 4.88. The molecule has 1 aliphatic rings. The van der Waals surface area contributed by atoms with Gasteiger partial charge < -0.3 is 20.1 Å². The van der Waals surface area contributed by atoms with E-state index in [1.165, 1.54) is 11.3 Å². The molecule has 5 rings (SSSR count). The Hall–Kier alpha value is -5.00. The number of aliphatic imine (C=N–C) groups is 1. The molecule has 12 heteroatoms. The van der Waals surface area contributed by atoms with Crippen molar-refractivity contribution in [2.24, 2.45) is 4.99 Å². The highest BCUT2D eigenvalue weighted by Gasteiger charge is 2.31. The van der Waals surface area contributed by atoms with Crippen LogP contribution in [0, 0.1) is 13.8 Å². The quantitative estimate of drug-likeness (QED) is 0.161. The van der Waals surface area contributed by atoms with Gasteiger partial charge in [-0.3, -0.25) is 24.7 Å². The van der Waals surface area contributed by atoms with Gasteiger partial charge in [0.05, 0.1) is 23.5 Å². The predicted octanol–water partition coefficient (Wildman–Crippen LogP) is 7.91. The Bertz CT molecular complexity index is 1890. The first-order valence-corrected chi connectivity index (χ1v) is 16.4. The predicted molar refractivity (Wildman–Crippen MR) is 188 cm³/mol. The normalized spacial score (nSPS) is 14.2. The first-order chi connectivity index (χ1) is 22.8. The summed E-state index contributed by atoms with van der Waals surface area (Å²) >= 11 is 7.58. The van der Waals surface area contributed by atoms with E-state index in [4.69, 9.17) is 26.1 Å². The second kappa shape index (κ2) is 14.4. The smallest absolute Gasteiger partial charge is 0.412 e. The van der Waals surface area contributed by atoms with Crippen molar-refractivity contribution in [3.05, 3.63) is 111 Å². The summed E-state index contributed by atoms with van der Waals surface area (Å²) in [6.07, 6.45) is -0.897. The maximum absolute atomic E-state index is 13.2. The lowest BCUT2D eigenvalue weighted by Crippen LogP contribution is -2.28. The SMILES string of the molecule is Cc1sc2c(c1C)C(c1ccc(Cl)cc1)=N[C@@H](CC(=O)OCc1ccc(C(=O)Nc3ccccc3NC(=O)OC(C)(C)C)cc1)C(=O)N2. The molecule has 0 bridgehead atoms. The van der Waals surface area contributed by atoms with Gasteiger partial charge >= 0.3 is 12.1 Å². The van der Waals surface area contributed by atoms with Crippen molar-refractivity contribution in [3.8, 4) is 0 Å². The van der Waals surface area contributed by atoms with Crippen molar-refractivity contribution in [2.75, 3.05) is 16.0 Å². The summed E-state index contributed by atoms with van der Waals surface area (Å²) in [4.78, 5) is 57.2. The molecule has 3 amide bonds. The zero-order valence-corrected chi connectivity index (χ0v) is 28.7. The maximum atomic E-state index is 13.2. The van der Waals surface area contributed by atoms with Crippen LogP contribution in [0.1, 0.15) is 64.7 Å². The number of amides is 3. The van der Waals surface area contributed by atoms with Crippen LogP contribution in [-0.4, -0.2) is 41.2 Å². The van der Waals surface area contributed by atoms with E-state index < -0.39 is 35.5 Å². The van der Waals surface area contributed by atoms with Gasteiger partial charge in [0.1, 0.15) is 23.3 Å². The highest BCUT2D eigenvalue weighted by molar-refractivity contribution is 7.17. The number of carbonyl (C=O) groups is 4. The number of ether oxygens (including phenoxy) is 2. The lowest BCUT2D eigenvalue weighted by molar-refractivity contribution is -0.146. The zero-order valence-electron chi connectivity index (χ0n) is 27.1. The van der Waals surface area contributed by atoms with Gasteiger partial charge in [-0.05, 0) is 82.1 Å². The molecule has 4 aromatic rings. The third-order valence-electron chi connectivity index (χ3n) is 7.35. The molecule has 1 atom stereocenters. The molecular formula is C36H35ClN4O6S. The molecule has 48 heavy (non-hydrogen) atoms. The molecule has 1 aliphatic heterocycles. The van der Waals surface area contributed by atoms with Gasteiger partial charge in [-0.1, -0.05) is 48.0 Å². The molecule has 2 heterocycles. The van der Waals surface area contributed by atoms with Crippen LogP contribution < -0.4 is 16.0 Å². The number of nitrogens with one attached hydrogen (secondary N) is 3. The molecule has 0 radical (unpaired) electrons. The monoisotopic (exact) mass is 686 g/mol. The first-order valence-electron chi connectivity index (χ1n) is 15.2. The van der Waals surface area contributed by atoms with Gasteiger partial charge in [0, 0.05) is 26.6 Å². The number of nitrogens with zero attached hydrogens (tertiary/aromatic N) is 1. The van der Waals surface area contributed by atoms with Gasteiger partial charge in [-0.25, -0.2) is 4.79 Å². The van der Waals surface area contributed by atoms with Gasteiger partial charge in [0.2, 0.25) is 5.91 Å². The minimum Gasteiger partial charge on any atom is -0.461 e. The Labute approximate surface area is 287 Å². The molecule has 0 fully saturated rings. The van der Waals surface area contributed by atoms with Crippen LogP contribution in [0.15, 0.2) is 77.8 Å². The van der Waals surface area contributed by atoms with Crippen LogP contribution >= 0.6 is 22.9 Å². The Balaban J connectivity index is 1.22. The van der Waals surface area contributed by atoms with E-state index >= 15 is 0 Å². The lowest BCUT2D eigenvalue weighted by atomic mass is 10.00. The molecule has 0 unspecified atom stereocenters.